The molecule has 0 saturated carbocycles. The fraction of sp³-hybridized carbons (Fsp3) is 0.273. The summed E-state index contributed by atoms with van der Waals surface area (Å²) in [6.45, 7) is 1.47. The molecule has 1 aromatic rings. The topological polar surface area (TPSA) is 128 Å². The molecule has 0 unspecified atom stereocenters. The van der Waals surface area contributed by atoms with E-state index in [0.29, 0.717) is 5.69 Å². The van der Waals surface area contributed by atoms with Crippen LogP contribution in [0.5, 0.6) is 0 Å². The lowest BCUT2D eigenvalue weighted by Crippen LogP contribution is -2.41. The van der Waals surface area contributed by atoms with E-state index in [0.717, 1.165) is 0 Å². The number of sulfonamides is 1. The Morgan fingerprint density at radius 3 is 2.25 bits per heavy atom. The molecule has 1 aromatic carbocycles. The van der Waals surface area contributed by atoms with Crippen molar-refractivity contribution in [2.75, 3.05) is 12.4 Å². The van der Waals surface area contributed by atoms with Crippen molar-refractivity contribution in [3.8, 4) is 0 Å². The Kier molecular flexibility index (Phi) is 5.06. The van der Waals surface area contributed by atoms with Crippen LogP contribution in [0.25, 0.3) is 0 Å². The van der Waals surface area contributed by atoms with Crippen molar-refractivity contribution in [1.82, 2.24) is 5.32 Å². The van der Waals surface area contributed by atoms with Gasteiger partial charge >= 0.3 is 12.0 Å². The summed E-state index contributed by atoms with van der Waals surface area (Å²) in [7, 11) is -2.56. The van der Waals surface area contributed by atoms with Gasteiger partial charge in [0.1, 0.15) is 6.04 Å². The number of amides is 2. The fourth-order valence-corrected chi connectivity index (χ4v) is 1.84. The van der Waals surface area contributed by atoms with Crippen LogP contribution in [-0.2, 0) is 19.6 Å². The summed E-state index contributed by atoms with van der Waals surface area (Å²) in [4.78, 5) is 22.6. The SMILES string of the molecule is COC(=O)[C@H](C)NC(=O)Nc1ccc(S(N)(=O)=O)cc1. The van der Waals surface area contributed by atoms with Crippen LogP contribution in [-0.4, -0.2) is 33.6 Å². The van der Waals surface area contributed by atoms with Crippen molar-refractivity contribution in [2.24, 2.45) is 5.14 Å². The molecule has 1 rings (SSSR count). The number of esters is 1. The minimum absolute atomic E-state index is 0.0635. The van der Waals surface area contributed by atoms with Crippen LogP contribution < -0.4 is 15.8 Å². The molecule has 20 heavy (non-hydrogen) atoms. The molecule has 8 nitrogen and oxygen atoms in total. The van der Waals surface area contributed by atoms with Crippen LogP contribution in [0.2, 0.25) is 0 Å². The number of hydrogen-bond donors (Lipinski definition) is 3. The number of urea groups is 1. The van der Waals surface area contributed by atoms with Gasteiger partial charge < -0.3 is 15.4 Å². The molecule has 0 aromatic heterocycles. The number of primary sulfonamides is 1. The Labute approximate surface area is 116 Å². The van der Waals surface area contributed by atoms with Crippen molar-refractivity contribution < 1.29 is 22.7 Å². The summed E-state index contributed by atoms with van der Waals surface area (Å²) in [5.74, 6) is -0.579. The molecular weight excluding hydrogens is 286 g/mol. The third-order valence-corrected chi connectivity index (χ3v) is 3.27. The van der Waals surface area contributed by atoms with E-state index in [9.17, 15) is 18.0 Å². The van der Waals surface area contributed by atoms with E-state index in [1.807, 2.05) is 0 Å². The zero-order valence-corrected chi connectivity index (χ0v) is 11.7. The lowest BCUT2D eigenvalue weighted by molar-refractivity contribution is -0.142. The monoisotopic (exact) mass is 301 g/mol. The zero-order chi connectivity index (χ0) is 15.3. The van der Waals surface area contributed by atoms with Crippen molar-refractivity contribution in [3.63, 3.8) is 0 Å². The van der Waals surface area contributed by atoms with E-state index in [4.69, 9.17) is 5.14 Å². The molecule has 0 aliphatic rings. The molecule has 110 valence electrons. The largest absolute Gasteiger partial charge is 0.467 e. The fourth-order valence-electron chi connectivity index (χ4n) is 1.33. The first-order valence-corrected chi connectivity index (χ1v) is 7.07. The van der Waals surface area contributed by atoms with Crippen LogP contribution in [0.1, 0.15) is 6.92 Å². The predicted octanol–water partition coefficient (Wildman–Crippen LogP) is 0.0170. The zero-order valence-electron chi connectivity index (χ0n) is 10.9. The average molecular weight is 301 g/mol. The van der Waals surface area contributed by atoms with Crippen LogP contribution in [0.4, 0.5) is 10.5 Å². The van der Waals surface area contributed by atoms with Crippen LogP contribution >= 0.6 is 0 Å². The average Bonchev–Trinajstić information content (AvgIpc) is 2.37. The predicted molar refractivity (Wildman–Crippen MR) is 71.4 cm³/mol. The number of carbonyl (C=O) groups is 2. The Morgan fingerprint density at radius 2 is 1.80 bits per heavy atom. The summed E-state index contributed by atoms with van der Waals surface area (Å²) in [6, 6.07) is 3.85. The van der Waals surface area contributed by atoms with Gasteiger partial charge in [0.15, 0.2) is 0 Å². The number of benzene rings is 1. The van der Waals surface area contributed by atoms with Gasteiger partial charge in [-0.05, 0) is 31.2 Å². The van der Waals surface area contributed by atoms with Gasteiger partial charge in [-0.1, -0.05) is 0 Å². The number of hydrogen-bond acceptors (Lipinski definition) is 5. The van der Waals surface area contributed by atoms with E-state index in [1.165, 1.54) is 38.3 Å². The first kappa shape index (κ1) is 15.9. The van der Waals surface area contributed by atoms with E-state index in [2.05, 4.69) is 15.4 Å². The molecule has 0 fully saturated rings. The lowest BCUT2D eigenvalue weighted by atomic mass is 10.3. The normalized spacial score (nSPS) is 12.3. The molecule has 0 aliphatic heterocycles. The van der Waals surface area contributed by atoms with Gasteiger partial charge in [-0.3, -0.25) is 0 Å². The number of nitrogens with one attached hydrogen (secondary N) is 2. The number of rotatable bonds is 4. The Balaban J connectivity index is 2.65. The molecule has 0 bridgehead atoms. The Hall–Kier alpha value is -2.13. The van der Waals surface area contributed by atoms with Crippen molar-refractivity contribution in [2.45, 2.75) is 17.9 Å². The summed E-state index contributed by atoms with van der Waals surface area (Å²) in [6.07, 6.45) is 0. The number of nitrogens with two attached hydrogens (primary N) is 1. The van der Waals surface area contributed by atoms with Crippen LogP contribution in [0, 0.1) is 0 Å². The molecule has 0 saturated heterocycles. The quantitative estimate of drug-likeness (QED) is 0.675. The number of methoxy groups -OCH3 is 1. The minimum Gasteiger partial charge on any atom is -0.467 e. The van der Waals surface area contributed by atoms with Crippen molar-refractivity contribution in [1.29, 1.82) is 0 Å². The summed E-state index contributed by atoms with van der Waals surface area (Å²) in [5, 5.41) is 9.74. The molecule has 4 N–H and O–H groups in total. The molecule has 0 spiro atoms. The highest BCUT2D eigenvalue weighted by Crippen LogP contribution is 2.12. The first-order chi connectivity index (χ1) is 9.24. The second-order valence-corrected chi connectivity index (χ2v) is 5.47. The molecule has 0 heterocycles. The number of anilines is 1. The van der Waals surface area contributed by atoms with E-state index in [-0.39, 0.29) is 4.90 Å². The van der Waals surface area contributed by atoms with E-state index >= 15 is 0 Å². The summed E-state index contributed by atoms with van der Waals surface area (Å²) >= 11 is 0. The van der Waals surface area contributed by atoms with Crippen molar-refractivity contribution >= 4 is 27.7 Å². The number of ether oxygens (including phenoxy) is 1. The third kappa shape index (κ3) is 4.52. The summed E-state index contributed by atoms with van der Waals surface area (Å²) in [5.41, 5.74) is 0.354. The number of carbonyl (C=O) groups excluding carboxylic acids is 2. The molecule has 1 atom stereocenters. The maximum absolute atomic E-state index is 11.6. The van der Waals surface area contributed by atoms with Gasteiger partial charge in [0.05, 0.1) is 12.0 Å². The highest BCUT2D eigenvalue weighted by Gasteiger charge is 2.15. The van der Waals surface area contributed by atoms with Crippen molar-refractivity contribution in [3.05, 3.63) is 24.3 Å². The van der Waals surface area contributed by atoms with Gasteiger partial charge in [-0.25, -0.2) is 23.1 Å². The van der Waals surface area contributed by atoms with Gasteiger partial charge in [0, 0.05) is 5.69 Å². The second-order valence-electron chi connectivity index (χ2n) is 3.91. The van der Waals surface area contributed by atoms with Gasteiger partial charge in [0.2, 0.25) is 10.0 Å². The van der Waals surface area contributed by atoms with Crippen LogP contribution in [0.3, 0.4) is 0 Å². The molecule has 0 aliphatic carbocycles. The molecule has 2 amide bonds. The first-order valence-electron chi connectivity index (χ1n) is 5.52. The highest BCUT2D eigenvalue weighted by atomic mass is 32.2. The van der Waals surface area contributed by atoms with Crippen LogP contribution in [0.15, 0.2) is 29.2 Å². The maximum Gasteiger partial charge on any atom is 0.328 e. The van der Waals surface area contributed by atoms with E-state index < -0.39 is 28.1 Å². The molecule has 9 heteroatoms. The van der Waals surface area contributed by atoms with Gasteiger partial charge in [-0.2, -0.15) is 0 Å². The lowest BCUT2D eigenvalue weighted by Gasteiger charge is -2.12. The Morgan fingerprint density at radius 1 is 1.25 bits per heavy atom. The highest BCUT2D eigenvalue weighted by molar-refractivity contribution is 7.89. The summed E-state index contributed by atoms with van der Waals surface area (Å²) < 4.78 is 26.5. The molecular formula is C11H15N3O5S. The maximum atomic E-state index is 11.6. The molecule has 0 radical (unpaired) electrons. The second kappa shape index (κ2) is 6.35. The minimum atomic E-state index is -3.77. The Bertz CT molecular complexity index is 597. The smallest absolute Gasteiger partial charge is 0.328 e. The van der Waals surface area contributed by atoms with Gasteiger partial charge in [0.25, 0.3) is 0 Å². The standard InChI is InChI=1S/C11H15N3O5S/c1-7(10(15)19-2)13-11(16)14-8-3-5-9(6-4-8)20(12,17)18/h3-7H,1-2H3,(H2,12,17,18)(H2,13,14,16)/t7-/m0/s1. The van der Waals surface area contributed by atoms with Gasteiger partial charge in [-0.15, -0.1) is 0 Å². The van der Waals surface area contributed by atoms with E-state index in [1.54, 1.807) is 0 Å². The third-order valence-electron chi connectivity index (χ3n) is 2.34.